The van der Waals surface area contributed by atoms with Crippen molar-refractivity contribution in [1.82, 2.24) is 10.2 Å². The lowest BCUT2D eigenvalue weighted by molar-refractivity contribution is 0.907. The third kappa shape index (κ3) is 1.33. The molecule has 3 nitrogen and oxygen atoms in total. The number of rotatable bonds is 1. The van der Waals surface area contributed by atoms with Crippen LogP contribution in [0.2, 0.25) is 0 Å². The maximum atomic E-state index is 11.5. The fourth-order valence-electron chi connectivity index (χ4n) is 2.14. The molecule has 0 unspecified atom stereocenters. The van der Waals surface area contributed by atoms with E-state index in [2.05, 4.69) is 15.6 Å². The summed E-state index contributed by atoms with van der Waals surface area (Å²) in [6.45, 7) is 0. The summed E-state index contributed by atoms with van der Waals surface area (Å²) in [6.07, 6.45) is 2.95. The Hall–Kier alpha value is -1.42. The molecule has 15 heavy (non-hydrogen) atoms. The number of thiophene rings is 1. The molecule has 1 N–H and O–H groups in total. The zero-order valence-electron chi connectivity index (χ0n) is 8.12. The van der Waals surface area contributed by atoms with Crippen molar-refractivity contribution in [2.24, 2.45) is 0 Å². The number of hydrogen-bond donors (Lipinski definition) is 1. The van der Waals surface area contributed by atoms with Gasteiger partial charge < -0.3 is 0 Å². The van der Waals surface area contributed by atoms with E-state index < -0.39 is 0 Å². The van der Waals surface area contributed by atoms with Gasteiger partial charge in [0.2, 0.25) is 0 Å². The van der Waals surface area contributed by atoms with E-state index >= 15 is 0 Å². The Labute approximate surface area is 90.8 Å². The average molecular weight is 218 g/mol. The van der Waals surface area contributed by atoms with E-state index in [9.17, 15) is 4.79 Å². The van der Waals surface area contributed by atoms with Crippen molar-refractivity contribution in [2.45, 2.75) is 19.3 Å². The summed E-state index contributed by atoms with van der Waals surface area (Å²) < 4.78 is 0. The summed E-state index contributed by atoms with van der Waals surface area (Å²) in [7, 11) is 0. The number of aromatic amines is 1. The summed E-state index contributed by atoms with van der Waals surface area (Å²) >= 11 is 1.65. The van der Waals surface area contributed by atoms with Gasteiger partial charge in [-0.2, -0.15) is 16.4 Å². The summed E-state index contributed by atoms with van der Waals surface area (Å²) in [5.41, 5.74) is 4.16. The monoisotopic (exact) mass is 218 g/mol. The van der Waals surface area contributed by atoms with Crippen molar-refractivity contribution < 1.29 is 0 Å². The van der Waals surface area contributed by atoms with Gasteiger partial charge in [0.15, 0.2) is 0 Å². The zero-order chi connectivity index (χ0) is 10.3. The van der Waals surface area contributed by atoms with Crippen molar-refractivity contribution in [3.8, 4) is 11.3 Å². The van der Waals surface area contributed by atoms with Crippen LogP contribution in [0.15, 0.2) is 21.6 Å². The predicted octanol–water partition coefficient (Wildman–Crippen LogP) is 1.99. The molecular formula is C11H10N2OS. The summed E-state index contributed by atoms with van der Waals surface area (Å²) in [5.74, 6) is 0. The molecule has 2 heterocycles. The highest BCUT2D eigenvalue weighted by atomic mass is 32.1. The minimum atomic E-state index is -0.0125. The molecule has 0 saturated heterocycles. The van der Waals surface area contributed by atoms with Gasteiger partial charge in [0.1, 0.15) is 0 Å². The minimum absolute atomic E-state index is 0.0125. The standard InChI is InChI=1S/C11H10N2OS/c14-11-9-3-1-2-8(9)10(12-13-11)7-4-5-15-6-7/h4-6H,1-3H2,(H,13,14). The van der Waals surface area contributed by atoms with Crippen LogP contribution in [0.25, 0.3) is 11.3 Å². The molecule has 0 spiro atoms. The van der Waals surface area contributed by atoms with Gasteiger partial charge in [-0.3, -0.25) is 4.79 Å². The fraction of sp³-hybridized carbons (Fsp3) is 0.273. The van der Waals surface area contributed by atoms with Crippen molar-refractivity contribution in [1.29, 1.82) is 0 Å². The molecule has 0 radical (unpaired) electrons. The van der Waals surface area contributed by atoms with Crippen LogP contribution in [-0.2, 0) is 12.8 Å². The van der Waals surface area contributed by atoms with E-state index in [4.69, 9.17) is 0 Å². The van der Waals surface area contributed by atoms with Crippen LogP contribution in [0.3, 0.4) is 0 Å². The summed E-state index contributed by atoms with van der Waals surface area (Å²) in [4.78, 5) is 11.5. The Bertz CT molecular complexity index is 542. The maximum Gasteiger partial charge on any atom is 0.267 e. The molecule has 0 fully saturated rings. The van der Waals surface area contributed by atoms with E-state index in [0.29, 0.717) is 0 Å². The van der Waals surface area contributed by atoms with E-state index in [-0.39, 0.29) is 5.56 Å². The Balaban J connectivity index is 2.26. The van der Waals surface area contributed by atoms with E-state index in [1.165, 1.54) is 0 Å². The van der Waals surface area contributed by atoms with Gasteiger partial charge in [-0.25, -0.2) is 5.10 Å². The van der Waals surface area contributed by atoms with Crippen LogP contribution >= 0.6 is 11.3 Å². The zero-order valence-corrected chi connectivity index (χ0v) is 8.93. The number of nitrogens with zero attached hydrogens (tertiary/aromatic N) is 1. The number of aromatic nitrogens is 2. The highest BCUT2D eigenvalue weighted by Crippen LogP contribution is 2.29. The second-order valence-corrected chi connectivity index (χ2v) is 4.50. The van der Waals surface area contributed by atoms with Gasteiger partial charge in [-0.1, -0.05) is 0 Å². The van der Waals surface area contributed by atoms with Crippen LogP contribution in [0.4, 0.5) is 0 Å². The number of H-pyrrole nitrogens is 1. The first-order valence-corrected chi connectivity index (χ1v) is 5.93. The number of nitrogens with one attached hydrogen (secondary N) is 1. The average Bonchev–Trinajstić information content (AvgIpc) is 2.88. The lowest BCUT2D eigenvalue weighted by Gasteiger charge is -2.03. The third-order valence-corrected chi connectivity index (χ3v) is 3.52. The van der Waals surface area contributed by atoms with E-state index in [1.807, 2.05) is 11.4 Å². The van der Waals surface area contributed by atoms with Gasteiger partial charge in [-0.05, 0) is 36.3 Å². The van der Waals surface area contributed by atoms with Crippen molar-refractivity contribution in [3.63, 3.8) is 0 Å². The van der Waals surface area contributed by atoms with Crippen molar-refractivity contribution in [3.05, 3.63) is 38.3 Å². The minimum Gasteiger partial charge on any atom is -0.268 e. The lowest BCUT2D eigenvalue weighted by atomic mass is 10.1. The van der Waals surface area contributed by atoms with Gasteiger partial charge in [-0.15, -0.1) is 0 Å². The Morgan fingerprint density at radius 1 is 1.33 bits per heavy atom. The SMILES string of the molecule is O=c1[nH]nc(-c2ccsc2)c2c1CCC2. The Morgan fingerprint density at radius 3 is 3.00 bits per heavy atom. The first-order chi connectivity index (χ1) is 7.36. The van der Waals surface area contributed by atoms with Crippen LogP contribution < -0.4 is 5.56 Å². The maximum absolute atomic E-state index is 11.5. The molecule has 1 aliphatic carbocycles. The quantitative estimate of drug-likeness (QED) is 0.795. The van der Waals surface area contributed by atoms with Crippen molar-refractivity contribution >= 4 is 11.3 Å². The first-order valence-electron chi connectivity index (χ1n) is 4.99. The summed E-state index contributed by atoms with van der Waals surface area (Å²) in [6, 6.07) is 2.05. The molecule has 76 valence electrons. The first kappa shape index (κ1) is 8.85. The summed E-state index contributed by atoms with van der Waals surface area (Å²) in [5, 5.41) is 10.8. The molecule has 0 saturated carbocycles. The molecule has 0 amide bonds. The molecule has 3 rings (SSSR count). The molecule has 2 aromatic rings. The van der Waals surface area contributed by atoms with Gasteiger partial charge in [0.05, 0.1) is 5.69 Å². The van der Waals surface area contributed by atoms with Gasteiger partial charge in [0.25, 0.3) is 5.56 Å². The fourth-order valence-corrected chi connectivity index (χ4v) is 2.78. The second-order valence-electron chi connectivity index (χ2n) is 3.72. The highest BCUT2D eigenvalue weighted by molar-refractivity contribution is 7.08. The molecule has 4 heteroatoms. The number of hydrogen-bond acceptors (Lipinski definition) is 3. The largest absolute Gasteiger partial charge is 0.268 e. The van der Waals surface area contributed by atoms with Crippen LogP contribution in [0.5, 0.6) is 0 Å². The molecule has 1 aliphatic rings. The van der Waals surface area contributed by atoms with Crippen LogP contribution in [-0.4, -0.2) is 10.2 Å². The Kier molecular flexibility index (Phi) is 1.95. The molecule has 0 aliphatic heterocycles. The van der Waals surface area contributed by atoms with Gasteiger partial charge in [0, 0.05) is 16.5 Å². The van der Waals surface area contributed by atoms with Gasteiger partial charge >= 0.3 is 0 Å². The second kappa shape index (κ2) is 3.31. The topological polar surface area (TPSA) is 45.8 Å². The lowest BCUT2D eigenvalue weighted by Crippen LogP contribution is -2.15. The molecule has 0 bridgehead atoms. The van der Waals surface area contributed by atoms with Crippen molar-refractivity contribution in [2.75, 3.05) is 0 Å². The molecule has 2 aromatic heterocycles. The number of fused-ring (bicyclic) bond motifs is 1. The molecular weight excluding hydrogens is 208 g/mol. The predicted molar refractivity (Wildman–Crippen MR) is 60.2 cm³/mol. The highest BCUT2D eigenvalue weighted by Gasteiger charge is 2.20. The van der Waals surface area contributed by atoms with Crippen LogP contribution in [0, 0.1) is 0 Å². The molecule has 0 aromatic carbocycles. The Morgan fingerprint density at radius 2 is 2.20 bits per heavy atom. The normalized spacial score (nSPS) is 14.1. The van der Waals surface area contributed by atoms with Crippen LogP contribution in [0.1, 0.15) is 17.5 Å². The third-order valence-electron chi connectivity index (χ3n) is 2.84. The smallest absolute Gasteiger partial charge is 0.267 e. The van der Waals surface area contributed by atoms with E-state index in [0.717, 1.165) is 41.6 Å². The van der Waals surface area contributed by atoms with E-state index in [1.54, 1.807) is 11.3 Å². The molecule has 0 atom stereocenters.